The molecule has 1 heterocycles. The standard InChI is InChI=1S/C18H24N4O2.HI/c1-3-14-7-5-8-15(11-14)22-17(23)13-21-18(19-4-2)20-12-16-9-6-10-24-16;/h5-11H,3-4,12-13H2,1-2H3,(H,22,23)(H2,19,20,21);1H. The van der Waals surface area contributed by atoms with E-state index < -0.39 is 0 Å². The molecule has 0 radical (unpaired) electrons. The molecule has 25 heavy (non-hydrogen) atoms. The smallest absolute Gasteiger partial charge is 0.246 e. The minimum Gasteiger partial charge on any atom is -0.467 e. The molecule has 1 aromatic carbocycles. The maximum atomic E-state index is 12.1. The van der Waals surface area contributed by atoms with Gasteiger partial charge >= 0.3 is 0 Å². The van der Waals surface area contributed by atoms with Crippen LogP contribution >= 0.6 is 24.0 Å². The average Bonchev–Trinajstić information content (AvgIpc) is 3.11. The number of carbonyl (C=O) groups excluding carboxylic acids is 1. The molecule has 0 saturated carbocycles. The summed E-state index contributed by atoms with van der Waals surface area (Å²) >= 11 is 0. The summed E-state index contributed by atoms with van der Waals surface area (Å²) < 4.78 is 5.26. The highest BCUT2D eigenvalue weighted by molar-refractivity contribution is 14.0. The Balaban J connectivity index is 0.00000312. The number of aliphatic imine (C=N–C) groups is 1. The Morgan fingerprint density at radius 2 is 2.00 bits per heavy atom. The van der Waals surface area contributed by atoms with Crippen LogP contribution in [0.25, 0.3) is 0 Å². The maximum Gasteiger partial charge on any atom is 0.246 e. The lowest BCUT2D eigenvalue weighted by Crippen LogP contribution is -2.37. The van der Waals surface area contributed by atoms with E-state index in [0.717, 1.165) is 17.9 Å². The van der Waals surface area contributed by atoms with Gasteiger partial charge < -0.3 is 20.4 Å². The van der Waals surface area contributed by atoms with E-state index in [-0.39, 0.29) is 36.4 Å². The van der Waals surface area contributed by atoms with Crippen LogP contribution in [-0.2, 0) is 17.8 Å². The van der Waals surface area contributed by atoms with Crippen LogP contribution in [0.15, 0.2) is 52.1 Å². The normalized spacial score (nSPS) is 10.7. The molecule has 0 atom stereocenters. The van der Waals surface area contributed by atoms with Crippen molar-refractivity contribution in [1.29, 1.82) is 0 Å². The van der Waals surface area contributed by atoms with Crippen molar-refractivity contribution in [3.63, 3.8) is 0 Å². The molecule has 2 rings (SSSR count). The number of halogens is 1. The molecular weight excluding hydrogens is 431 g/mol. The van der Waals surface area contributed by atoms with Crippen molar-refractivity contribution in [1.82, 2.24) is 10.6 Å². The van der Waals surface area contributed by atoms with E-state index in [1.54, 1.807) is 6.26 Å². The molecule has 2 aromatic rings. The second-order valence-corrected chi connectivity index (χ2v) is 5.23. The van der Waals surface area contributed by atoms with E-state index in [9.17, 15) is 4.79 Å². The molecule has 6 nitrogen and oxygen atoms in total. The number of furan rings is 1. The number of nitrogens with zero attached hydrogens (tertiary/aromatic N) is 1. The zero-order valence-corrected chi connectivity index (χ0v) is 16.9. The number of hydrogen-bond acceptors (Lipinski definition) is 3. The molecule has 7 heteroatoms. The van der Waals surface area contributed by atoms with Crippen LogP contribution in [0.2, 0.25) is 0 Å². The lowest BCUT2D eigenvalue weighted by atomic mass is 10.1. The van der Waals surface area contributed by atoms with Gasteiger partial charge in [-0.15, -0.1) is 24.0 Å². The van der Waals surface area contributed by atoms with Crippen molar-refractivity contribution in [2.75, 3.05) is 18.4 Å². The second kappa shape index (κ2) is 11.5. The lowest BCUT2D eigenvalue weighted by Gasteiger charge is -2.10. The summed E-state index contributed by atoms with van der Waals surface area (Å²) in [4.78, 5) is 16.4. The van der Waals surface area contributed by atoms with Crippen LogP contribution < -0.4 is 16.0 Å². The Morgan fingerprint density at radius 1 is 1.16 bits per heavy atom. The maximum absolute atomic E-state index is 12.1. The summed E-state index contributed by atoms with van der Waals surface area (Å²) in [5.41, 5.74) is 1.98. The molecule has 0 aliphatic heterocycles. The number of rotatable bonds is 7. The minimum atomic E-state index is -0.154. The van der Waals surface area contributed by atoms with Crippen molar-refractivity contribution in [2.45, 2.75) is 26.8 Å². The number of hydrogen-bond donors (Lipinski definition) is 3. The Kier molecular flexibility index (Phi) is 9.68. The van der Waals surface area contributed by atoms with E-state index in [1.807, 2.05) is 43.3 Å². The molecule has 0 aliphatic rings. The van der Waals surface area contributed by atoms with Crippen molar-refractivity contribution in [3.8, 4) is 0 Å². The van der Waals surface area contributed by atoms with Crippen LogP contribution in [0.5, 0.6) is 0 Å². The van der Waals surface area contributed by atoms with E-state index in [1.165, 1.54) is 5.56 Å². The summed E-state index contributed by atoms with van der Waals surface area (Å²) in [6, 6.07) is 11.5. The van der Waals surface area contributed by atoms with Crippen molar-refractivity contribution in [3.05, 3.63) is 54.0 Å². The number of anilines is 1. The van der Waals surface area contributed by atoms with Gasteiger partial charge in [0.05, 0.1) is 12.8 Å². The van der Waals surface area contributed by atoms with Gasteiger partial charge in [0, 0.05) is 12.2 Å². The third-order valence-corrected chi connectivity index (χ3v) is 3.35. The minimum absolute atomic E-state index is 0. The number of guanidine groups is 1. The van der Waals surface area contributed by atoms with E-state index in [2.05, 4.69) is 27.9 Å². The molecule has 0 unspecified atom stereocenters. The van der Waals surface area contributed by atoms with Crippen molar-refractivity contribution in [2.24, 2.45) is 4.99 Å². The van der Waals surface area contributed by atoms with Gasteiger partial charge in [0.15, 0.2) is 5.96 Å². The van der Waals surface area contributed by atoms with E-state index in [4.69, 9.17) is 4.42 Å². The molecule has 3 N–H and O–H groups in total. The molecule has 0 fully saturated rings. The fourth-order valence-electron chi connectivity index (χ4n) is 2.15. The largest absolute Gasteiger partial charge is 0.467 e. The first kappa shape index (κ1) is 21.0. The number of carbonyl (C=O) groups is 1. The van der Waals surface area contributed by atoms with Gasteiger partial charge in [-0.05, 0) is 43.2 Å². The Morgan fingerprint density at radius 3 is 2.68 bits per heavy atom. The fraction of sp³-hybridized carbons (Fsp3) is 0.333. The molecular formula is C18H25IN4O2. The highest BCUT2D eigenvalue weighted by Crippen LogP contribution is 2.10. The Hall–Kier alpha value is -2.03. The topological polar surface area (TPSA) is 78.7 Å². The number of aryl methyl sites for hydroxylation is 1. The molecule has 1 amide bonds. The summed E-state index contributed by atoms with van der Waals surface area (Å²) in [7, 11) is 0. The molecule has 1 aromatic heterocycles. The van der Waals surface area contributed by atoms with Crippen LogP contribution in [-0.4, -0.2) is 25.0 Å². The quantitative estimate of drug-likeness (QED) is 0.340. The molecule has 0 saturated heterocycles. The summed E-state index contributed by atoms with van der Waals surface area (Å²) in [6.45, 7) is 5.33. The summed E-state index contributed by atoms with van der Waals surface area (Å²) in [5.74, 6) is 1.23. The van der Waals surface area contributed by atoms with Crippen LogP contribution in [0.3, 0.4) is 0 Å². The Bertz CT molecular complexity index is 671. The van der Waals surface area contributed by atoms with Crippen LogP contribution in [0, 0.1) is 0 Å². The van der Waals surface area contributed by atoms with Gasteiger partial charge in [0.2, 0.25) is 5.91 Å². The molecule has 136 valence electrons. The van der Waals surface area contributed by atoms with E-state index >= 15 is 0 Å². The predicted molar refractivity (Wildman–Crippen MR) is 111 cm³/mol. The highest BCUT2D eigenvalue weighted by Gasteiger charge is 2.04. The van der Waals surface area contributed by atoms with Gasteiger partial charge in [0.1, 0.15) is 12.3 Å². The monoisotopic (exact) mass is 456 g/mol. The molecule has 0 bridgehead atoms. The van der Waals surface area contributed by atoms with Crippen molar-refractivity contribution < 1.29 is 9.21 Å². The summed E-state index contributed by atoms with van der Waals surface area (Å²) in [6.07, 6.45) is 2.56. The van der Waals surface area contributed by atoms with Crippen LogP contribution in [0.1, 0.15) is 25.2 Å². The summed E-state index contributed by atoms with van der Waals surface area (Å²) in [5, 5.41) is 9.09. The molecule has 0 aliphatic carbocycles. The first-order valence-corrected chi connectivity index (χ1v) is 8.14. The van der Waals surface area contributed by atoms with Gasteiger partial charge in [0.25, 0.3) is 0 Å². The van der Waals surface area contributed by atoms with Crippen molar-refractivity contribution >= 4 is 41.5 Å². The zero-order chi connectivity index (χ0) is 17.2. The van der Waals surface area contributed by atoms with Gasteiger partial charge in [-0.25, -0.2) is 4.99 Å². The van der Waals surface area contributed by atoms with Gasteiger partial charge in [-0.2, -0.15) is 0 Å². The fourth-order valence-corrected chi connectivity index (χ4v) is 2.15. The zero-order valence-electron chi connectivity index (χ0n) is 14.5. The number of amides is 1. The van der Waals surface area contributed by atoms with Gasteiger partial charge in [-0.1, -0.05) is 19.1 Å². The SMILES string of the molecule is CCNC(=NCC(=O)Nc1cccc(CC)c1)NCc1ccco1.I. The predicted octanol–water partition coefficient (Wildman–Crippen LogP) is 3.15. The first-order chi connectivity index (χ1) is 11.7. The second-order valence-electron chi connectivity index (χ2n) is 5.23. The first-order valence-electron chi connectivity index (χ1n) is 8.14. The number of benzene rings is 1. The molecule has 0 spiro atoms. The van der Waals surface area contributed by atoms with Crippen LogP contribution in [0.4, 0.5) is 5.69 Å². The van der Waals surface area contributed by atoms with E-state index in [0.29, 0.717) is 19.0 Å². The average molecular weight is 456 g/mol. The highest BCUT2D eigenvalue weighted by atomic mass is 127. The van der Waals surface area contributed by atoms with Gasteiger partial charge in [-0.3, -0.25) is 4.79 Å². The lowest BCUT2D eigenvalue weighted by molar-refractivity contribution is -0.114. The third-order valence-electron chi connectivity index (χ3n) is 3.35. The Labute approximate surface area is 165 Å². The third kappa shape index (κ3) is 7.59. The number of nitrogens with one attached hydrogen (secondary N) is 3.